The maximum Gasteiger partial charge on any atom is 0.334 e. The van der Waals surface area contributed by atoms with Crippen molar-refractivity contribution in [2.75, 3.05) is 77.4 Å². The molecular weight excluding hydrogens is 546 g/mol. The Labute approximate surface area is 253 Å². The number of hydrogen-bond donors (Lipinski definition) is 1. The van der Waals surface area contributed by atoms with Crippen LogP contribution < -0.4 is 10.2 Å². The van der Waals surface area contributed by atoms with Crippen LogP contribution in [-0.4, -0.2) is 137 Å². The van der Waals surface area contributed by atoms with Crippen LogP contribution in [0.4, 0.5) is 10.6 Å². The van der Waals surface area contributed by atoms with Crippen LogP contribution in [0.5, 0.6) is 0 Å². The van der Waals surface area contributed by atoms with E-state index in [1.165, 1.54) is 4.90 Å². The largest absolute Gasteiger partial charge is 0.353 e. The van der Waals surface area contributed by atoms with Gasteiger partial charge < -0.3 is 24.9 Å². The number of fused-ring (bicyclic) bond motifs is 1. The summed E-state index contributed by atoms with van der Waals surface area (Å²) in [6, 6.07) is 15.8. The van der Waals surface area contributed by atoms with Crippen molar-refractivity contribution in [3.05, 3.63) is 72.4 Å². The third kappa shape index (κ3) is 6.36. The van der Waals surface area contributed by atoms with Crippen LogP contribution in [0.15, 0.2) is 61.2 Å². The average Bonchev–Trinajstić information content (AvgIpc) is 2.98. The Morgan fingerprint density at radius 3 is 2.49 bits per heavy atom. The zero-order valence-electron chi connectivity index (χ0n) is 24.8. The molecule has 6 rings (SSSR count). The van der Waals surface area contributed by atoms with Gasteiger partial charge in [0.25, 0.3) is 0 Å². The summed E-state index contributed by atoms with van der Waals surface area (Å²) in [6.45, 7) is 11.2. The number of pyridine rings is 1. The summed E-state index contributed by atoms with van der Waals surface area (Å²) in [4.78, 5) is 55.3. The van der Waals surface area contributed by atoms with Crippen LogP contribution in [0.3, 0.4) is 0 Å². The van der Waals surface area contributed by atoms with Crippen LogP contribution >= 0.6 is 0 Å². The van der Waals surface area contributed by atoms with E-state index >= 15 is 0 Å². The van der Waals surface area contributed by atoms with E-state index < -0.39 is 6.17 Å². The third-order valence-electron chi connectivity index (χ3n) is 8.85. The number of anilines is 1. The number of aromatic nitrogens is 1. The Balaban J connectivity index is 1.13. The SMILES string of the molecule is C=CCN1CC(=O)N2CC(=O)N(Cc3cccc(N4CC(N5CCN(C)CC5)C4)n3)C[C@@H]2N1C(=O)NCc1ccccc1. The second kappa shape index (κ2) is 12.7. The molecule has 0 bridgehead atoms. The lowest BCUT2D eigenvalue weighted by atomic mass is 10.1. The van der Waals surface area contributed by atoms with Crippen molar-refractivity contribution in [2.45, 2.75) is 25.3 Å². The molecule has 12 heteroatoms. The van der Waals surface area contributed by atoms with Crippen molar-refractivity contribution >= 4 is 23.7 Å². The highest BCUT2D eigenvalue weighted by Crippen LogP contribution is 2.26. The molecular formula is C31H41N9O3. The number of rotatable bonds is 8. The predicted octanol–water partition coefficient (Wildman–Crippen LogP) is 0.643. The first kappa shape index (κ1) is 29.1. The monoisotopic (exact) mass is 587 g/mol. The van der Waals surface area contributed by atoms with Gasteiger partial charge >= 0.3 is 6.03 Å². The van der Waals surface area contributed by atoms with Gasteiger partial charge in [-0.3, -0.25) is 14.5 Å². The Kier molecular flexibility index (Phi) is 8.59. The van der Waals surface area contributed by atoms with Crippen LogP contribution in [0.2, 0.25) is 0 Å². The quantitative estimate of drug-likeness (QED) is 0.450. The molecule has 4 saturated heterocycles. The fraction of sp³-hybridized carbons (Fsp3) is 0.484. The number of nitrogens with zero attached hydrogens (tertiary/aromatic N) is 8. The van der Waals surface area contributed by atoms with E-state index in [0.717, 1.165) is 56.3 Å². The van der Waals surface area contributed by atoms with Crippen LogP contribution in [-0.2, 0) is 22.7 Å². The maximum absolute atomic E-state index is 13.6. The fourth-order valence-electron chi connectivity index (χ4n) is 6.28. The molecule has 0 spiro atoms. The number of nitrogens with one attached hydrogen (secondary N) is 1. The normalized spacial score (nSPS) is 22.4. The molecule has 4 amide bonds. The van der Waals surface area contributed by atoms with Gasteiger partial charge in [-0.2, -0.15) is 0 Å². The van der Waals surface area contributed by atoms with Gasteiger partial charge in [0.1, 0.15) is 18.5 Å². The lowest BCUT2D eigenvalue weighted by Crippen LogP contribution is -2.73. The molecule has 1 N–H and O–H groups in total. The van der Waals surface area contributed by atoms with E-state index in [2.05, 4.69) is 33.6 Å². The zero-order valence-corrected chi connectivity index (χ0v) is 24.8. The molecule has 4 aliphatic heterocycles. The molecule has 0 radical (unpaired) electrons. The van der Waals surface area contributed by atoms with E-state index in [-0.39, 0.29) is 37.5 Å². The number of benzene rings is 1. The standard InChI is InChI=1S/C31H41N9O3/c1-3-12-38-22-30(42)39-23-29(41)37(21-28(39)40(38)31(43)32-17-24-8-5-4-6-9-24)18-25-10-7-11-27(33-25)36-19-26(20-36)35-15-13-34(2)14-16-35/h3-11,26,28H,1,12-23H2,2H3,(H,32,43)/t28-/m0/s1. The molecule has 0 saturated carbocycles. The highest BCUT2D eigenvalue weighted by molar-refractivity contribution is 5.89. The Hall–Kier alpha value is -4.00. The van der Waals surface area contributed by atoms with Crippen molar-refractivity contribution in [3.8, 4) is 0 Å². The summed E-state index contributed by atoms with van der Waals surface area (Å²) < 4.78 is 0. The number of urea groups is 1. The zero-order chi connectivity index (χ0) is 29.9. The van der Waals surface area contributed by atoms with Gasteiger partial charge in [-0.05, 0) is 24.7 Å². The summed E-state index contributed by atoms with van der Waals surface area (Å²) >= 11 is 0. The summed E-state index contributed by atoms with van der Waals surface area (Å²) in [7, 11) is 2.17. The van der Waals surface area contributed by atoms with Gasteiger partial charge in [0, 0.05) is 58.4 Å². The van der Waals surface area contributed by atoms with Crippen molar-refractivity contribution in [1.82, 2.24) is 39.9 Å². The molecule has 1 aromatic heterocycles. The van der Waals surface area contributed by atoms with E-state index in [1.807, 2.05) is 48.5 Å². The highest BCUT2D eigenvalue weighted by atomic mass is 16.2. The molecule has 4 aliphatic rings. The molecule has 4 fully saturated rings. The van der Waals surface area contributed by atoms with Crippen LogP contribution in [0.25, 0.3) is 0 Å². The van der Waals surface area contributed by atoms with Crippen LogP contribution in [0.1, 0.15) is 11.3 Å². The maximum atomic E-state index is 13.6. The van der Waals surface area contributed by atoms with Gasteiger partial charge in [0.05, 0.1) is 25.3 Å². The summed E-state index contributed by atoms with van der Waals surface area (Å²) in [5, 5.41) is 6.26. The Morgan fingerprint density at radius 2 is 1.74 bits per heavy atom. The molecule has 1 aromatic carbocycles. The molecule has 228 valence electrons. The summed E-state index contributed by atoms with van der Waals surface area (Å²) in [5.74, 6) is 0.582. The summed E-state index contributed by atoms with van der Waals surface area (Å²) in [6.07, 6.45) is 1.05. The number of carbonyl (C=O) groups excluding carboxylic acids is 3. The van der Waals surface area contributed by atoms with Crippen molar-refractivity contribution in [3.63, 3.8) is 0 Å². The Morgan fingerprint density at radius 1 is 0.977 bits per heavy atom. The Bertz CT molecular complexity index is 1330. The van der Waals surface area contributed by atoms with E-state index in [4.69, 9.17) is 4.98 Å². The average molecular weight is 588 g/mol. The minimum Gasteiger partial charge on any atom is -0.353 e. The fourth-order valence-corrected chi connectivity index (χ4v) is 6.28. The molecule has 1 atom stereocenters. The second-order valence-electron chi connectivity index (χ2n) is 11.8. The number of piperazine rings is 2. The number of hydrazine groups is 1. The van der Waals surface area contributed by atoms with Gasteiger partial charge in [0.2, 0.25) is 11.8 Å². The van der Waals surface area contributed by atoms with E-state index in [9.17, 15) is 14.4 Å². The van der Waals surface area contributed by atoms with Gasteiger partial charge in [-0.25, -0.2) is 19.8 Å². The predicted molar refractivity (Wildman–Crippen MR) is 163 cm³/mol. The first-order chi connectivity index (χ1) is 20.9. The molecule has 43 heavy (non-hydrogen) atoms. The van der Waals surface area contributed by atoms with E-state index in [1.54, 1.807) is 21.0 Å². The molecule has 2 aromatic rings. The van der Waals surface area contributed by atoms with Crippen molar-refractivity contribution in [1.29, 1.82) is 0 Å². The van der Waals surface area contributed by atoms with Gasteiger partial charge in [0.15, 0.2) is 0 Å². The topological polar surface area (TPSA) is 98.8 Å². The second-order valence-corrected chi connectivity index (χ2v) is 11.8. The first-order valence-electron chi connectivity index (χ1n) is 15.1. The van der Waals surface area contributed by atoms with E-state index in [0.29, 0.717) is 25.7 Å². The minimum atomic E-state index is -0.627. The van der Waals surface area contributed by atoms with Gasteiger partial charge in [-0.1, -0.05) is 42.5 Å². The van der Waals surface area contributed by atoms with Crippen LogP contribution in [0, 0.1) is 0 Å². The van der Waals surface area contributed by atoms with Crippen molar-refractivity contribution < 1.29 is 14.4 Å². The molecule has 5 heterocycles. The number of likely N-dealkylation sites (N-methyl/N-ethyl adjacent to an activating group) is 1. The minimum absolute atomic E-state index is 0.00309. The molecule has 12 nitrogen and oxygen atoms in total. The van der Waals surface area contributed by atoms with Crippen molar-refractivity contribution in [2.24, 2.45) is 0 Å². The third-order valence-corrected chi connectivity index (χ3v) is 8.85. The first-order valence-corrected chi connectivity index (χ1v) is 15.1. The lowest BCUT2D eigenvalue weighted by molar-refractivity contribution is -0.180. The number of amides is 4. The molecule has 0 unspecified atom stereocenters. The highest BCUT2D eigenvalue weighted by Gasteiger charge is 2.46. The smallest absolute Gasteiger partial charge is 0.334 e. The number of hydrogen-bond acceptors (Lipinski definition) is 8. The summed E-state index contributed by atoms with van der Waals surface area (Å²) in [5.41, 5.74) is 1.76. The lowest BCUT2D eigenvalue weighted by Gasteiger charge is -2.52. The number of carbonyl (C=O) groups is 3. The molecule has 0 aliphatic carbocycles. The van der Waals surface area contributed by atoms with Gasteiger partial charge in [-0.15, -0.1) is 6.58 Å².